The second kappa shape index (κ2) is 9.23. The van der Waals surface area contributed by atoms with Crippen molar-refractivity contribution in [1.82, 2.24) is 29.1 Å². The molecule has 1 atom stereocenters. The molecule has 4 heterocycles. The van der Waals surface area contributed by atoms with Crippen molar-refractivity contribution in [2.24, 2.45) is 0 Å². The lowest BCUT2D eigenvalue weighted by atomic mass is 9.91. The largest absolute Gasteiger partial charge is 0.335 e. The van der Waals surface area contributed by atoms with Crippen molar-refractivity contribution in [1.29, 1.82) is 0 Å². The highest BCUT2D eigenvalue weighted by atomic mass is 16.2. The van der Waals surface area contributed by atoms with Crippen LogP contribution in [-0.2, 0) is 13.0 Å². The lowest BCUT2D eigenvalue weighted by molar-refractivity contribution is 0.0586. The number of amides is 1. The molecule has 1 unspecified atom stereocenters. The van der Waals surface area contributed by atoms with Crippen molar-refractivity contribution < 1.29 is 4.79 Å². The van der Waals surface area contributed by atoms with Gasteiger partial charge in [-0.3, -0.25) is 24.0 Å². The summed E-state index contributed by atoms with van der Waals surface area (Å²) >= 11 is 0. The second-order valence-electron chi connectivity index (χ2n) is 9.63. The minimum Gasteiger partial charge on any atom is -0.335 e. The number of rotatable bonds is 5. The first-order valence-electron chi connectivity index (χ1n) is 12.2. The molecule has 0 spiro atoms. The van der Waals surface area contributed by atoms with Gasteiger partial charge in [-0.1, -0.05) is 12.1 Å². The van der Waals surface area contributed by atoms with Crippen LogP contribution in [0.3, 0.4) is 0 Å². The Hall–Kier alpha value is -2.77. The summed E-state index contributed by atoms with van der Waals surface area (Å²) < 4.78 is 1.97. The fraction of sp³-hybridized carbons (Fsp3) is 0.500. The van der Waals surface area contributed by atoms with Crippen LogP contribution in [-0.4, -0.2) is 74.2 Å². The van der Waals surface area contributed by atoms with Crippen LogP contribution in [0, 0.1) is 0 Å². The minimum absolute atomic E-state index is 0.0858. The van der Waals surface area contributed by atoms with Gasteiger partial charge in [-0.25, -0.2) is 4.98 Å². The number of imidazole rings is 1. The molecule has 7 nitrogen and oxygen atoms in total. The van der Waals surface area contributed by atoms with Gasteiger partial charge in [0.1, 0.15) is 11.3 Å². The molecule has 0 radical (unpaired) electrons. The van der Waals surface area contributed by atoms with E-state index in [0.717, 1.165) is 56.8 Å². The number of aromatic nitrogens is 3. The van der Waals surface area contributed by atoms with E-state index in [-0.39, 0.29) is 11.9 Å². The van der Waals surface area contributed by atoms with Crippen molar-refractivity contribution in [3.05, 3.63) is 65.4 Å². The molecule has 0 N–H and O–H groups in total. The Morgan fingerprint density at radius 2 is 1.97 bits per heavy atom. The molecule has 0 bridgehead atoms. The molecule has 1 aliphatic carbocycles. The number of nitrogens with zero attached hydrogens (tertiary/aromatic N) is 6. The first-order chi connectivity index (χ1) is 16.0. The Morgan fingerprint density at radius 1 is 1.15 bits per heavy atom. The maximum absolute atomic E-state index is 13.7. The van der Waals surface area contributed by atoms with E-state index in [1.807, 2.05) is 46.0 Å². The van der Waals surface area contributed by atoms with E-state index in [1.54, 1.807) is 0 Å². The Bertz CT molecular complexity index is 1130. The summed E-state index contributed by atoms with van der Waals surface area (Å²) in [6, 6.07) is 10.9. The zero-order chi connectivity index (χ0) is 22.9. The van der Waals surface area contributed by atoms with Crippen molar-refractivity contribution in [2.45, 2.75) is 51.7 Å². The van der Waals surface area contributed by atoms with Crippen molar-refractivity contribution in [3.8, 4) is 0 Å². The van der Waals surface area contributed by atoms with Crippen LogP contribution in [0.5, 0.6) is 0 Å². The molecule has 2 aliphatic rings. The molecule has 7 heteroatoms. The van der Waals surface area contributed by atoms with E-state index in [0.29, 0.717) is 18.3 Å². The second-order valence-corrected chi connectivity index (χ2v) is 9.63. The fourth-order valence-electron chi connectivity index (χ4n) is 5.33. The number of carbonyl (C=O) groups excluding carboxylic acids is 1. The van der Waals surface area contributed by atoms with E-state index in [9.17, 15) is 4.79 Å². The minimum atomic E-state index is 0.0858. The Balaban J connectivity index is 1.43. The maximum atomic E-state index is 13.7. The third-order valence-corrected chi connectivity index (χ3v) is 7.23. The van der Waals surface area contributed by atoms with Gasteiger partial charge in [0, 0.05) is 51.2 Å². The molecular formula is C26H34N6O. The molecule has 1 aliphatic heterocycles. The predicted molar refractivity (Wildman–Crippen MR) is 129 cm³/mol. The van der Waals surface area contributed by atoms with Crippen molar-refractivity contribution >= 4 is 11.6 Å². The smallest absolute Gasteiger partial charge is 0.272 e. The van der Waals surface area contributed by atoms with Crippen LogP contribution >= 0.6 is 0 Å². The summed E-state index contributed by atoms with van der Waals surface area (Å²) in [5.74, 6) is 0.0858. The van der Waals surface area contributed by atoms with Crippen LogP contribution in [0.25, 0.3) is 5.65 Å². The van der Waals surface area contributed by atoms with E-state index in [1.165, 1.54) is 11.3 Å². The van der Waals surface area contributed by atoms with Crippen molar-refractivity contribution in [2.75, 3.05) is 33.2 Å². The highest BCUT2D eigenvalue weighted by molar-refractivity contribution is 5.95. The number of hydrogen-bond donors (Lipinski definition) is 0. The van der Waals surface area contributed by atoms with Gasteiger partial charge in [-0.15, -0.1) is 0 Å². The van der Waals surface area contributed by atoms with E-state index < -0.39 is 0 Å². The van der Waals surface area contributed by atoms with Gasteiger partial charge in [-0.2, -0.15) is 0 Å². The number of pyridine rings is 2. The number of aryl methyl sites for hydroxylation is 1. The van der Waals surface area contributed by atoms with Gasteiger partial charge >= 0.3 is 0 Å². The molecule has 3 aromatic heterocycles. The molecule has 174 valence electrons. The Labute approximate surface area is 196 Å². The number of fused-ring (bicyclic) bond motifs is 2. The topological polar surface area (TPSA) is 57.0 Å². The molecule has 0 aromatic carbocycles. The summed E-state index contributed by atoms with van der Waals surface area (Å²) in [5.41, 5.74) is 4.89. The molecule has 1 fully saturated rings. The standard InChI is InChI=1S/C26H34N6O/c1-19(2)30-14-16-31(17-15-30)26(33)25-21(28-23-11-4-5-13-32(23)25)18-29(3)22-10-6-8-20-9-7-12-27-24(20)22/h4-5,7,9,11-13,19,22H,6,8,10,14-18H2,1-3H3. The average molecular weight is 447 g/mol. The van der Waals surface area contributed by atoms with Gasteiger partial charge in [-0.05, 0) is 63.9 Å². The predicted octanol–water partition coefficient (Wildman–Crippen LogP) is 3.40. The van der Waals surface area contributed by atoms with E-state index in [2.05, 4.69) is 36.8 Å². The number of piperazine rings is 1. The number of carbonyl (C=O) groups is 1. The van der Waals surface area contributed by atoms with Crippen LogP contribution in [0.2, 0.25) is 0 Å². The van der Waals surface area contributed by atoms with E-state index >= 15 is 0 Å². The monoisotopic (exact) mass is 446 g/mol. The fourth-order valence-corrected chi connectivity index (χ4v) is 5.33. The first kappa shape index (κ1) is 22.0. The zero-order valence-corrected chi connectivity index (χ0v) is 19.9. The van der Waals surface area contributed by atoms with Gasteiger partial charge < -0.3 is 4.90 Å². The zero-order valence-electron chi connectivity index (χ0n) is 19.9. The molecule has 33 heavy (non-hydrogen) atoms. The SMILES string of the molecule is CC(C)N1CCN(C(=O)c2c(CN(C)C3CCCc4cccnc43)nc3ccccn23)CC1. The summed E-state index contributed by atoms with van der Waals surface area (Å²) in [6.07, 6.45) is 7.18. The lowest BCUT2D eigenvalue weighted by Gasteiger charge is -2.37. The molecule has 1 amide bonds. The average Bonchev–Trinajstić information content (AvgIpc) is 3.21. The third-order valence-electron chi connectivity index (χ3n) is 7.23. The summed E-state index contributed by atoms with van der Waals surface area (Å²) in [4.78, 5) is 30.1. The van der Waals surface area contributed by atoms with Crippen LogP contribution in [0.4, 0.5) is 0 Å². The molecule has 5 rings (SSSR count). The molecule has 3 aromatic rings. The number of hydrogen-bond acceptors (Lipinski definition) is 5. The third kappa shape index (κ3) is 4.27. The first-order valence-corrected chi connectivity index (χ1v) is 12.2. The van der Waals surface area contributed by atoms with E-state index in [4.69, 9.17) is 9.97 Å². The molecular weight excluding hydrogens is 412 g/mol. The summed E-state index contributed by atoms with van der Waals surface area (Å²) in [6.45, 7) is 8.40. The van der Waals surface area contributed by atoms with Gasteiger partial charge in [0.05, 0.1) is 17.4 Å². The lowest BCUT2D eigenvalue weighted by Crippen LogP contribution is -2.51. The van der Waals surface area contributed by atoms with Crippen LogP contribution < -0.4 is 0 Å². The molecule has 0 saturated carbocycles. The normalized spacial score (nSPS) is 19.4. The Morgan fingerprint density at radius 3 is 2.76 bits per heavy atom. The van der Waals surface area contributed by atoms with Crippen LogP contribution in [0.1, 0.15) is 60.2 Å². The van der Waals surface area contributed by atoms with Crippen molar-refractivity contribution in [3.63, 3.8) is 0 Å². The highest BCUT2D eigenvalue weighted by Crippen LogP contribution is 2.33. The quantitative estimate of drug-likeness (QED) is 0.601. The van der Waals surface area contributed by atoms with Gasteiger partial charge in [0.25, 0.3) is 5.91 Å². The van der Waals surface area contributed by atoms with Crippen LogP contribution in [0.15, 0.2) is 42.7 Å². The van der Waals surface area contributed by atoms with Gasteiger partial charge in [0.15, 0.2) is 0 Å². The Kier molecular flexibility index (Phi) is 6.17. The summed E-state index contributed by atoms with van der Waals surface area (Å²) in [5, 5.41) is 0. The highest BCUT2D eigenvalue weighted by Gasteiger charge is 2.30. The maximum Gasteiger partial charge on any atom is 0.272 e. The van der Waals surface area contributed by atoms with Gasteiger partial charge in [0.2, 0.25) is 0 Å². The molecule has 1 saturated heterocycles. The summed E-state index contributed by atoms with van der Waals surface area (Å²) in [7, 11) is 2.13.